The highest BCUT2D eigenvalue weighted by atomic mass is 32.2. The summed E-state index contributed by atoms with van der Waals surface area (Å²) in [5.74, 6) is 4.70. The van der Waals surface area contributed by atoms with Crippen molar-refractivity contribution in [2.45, 2.75) is 52.9 Å². The van der Waals surface area contributed by atoms with Crippen molar-refractivity contribution in [2.24, 2.45) is 29.1 Å². The standard InChI is InChI=1S/C33H37O2S/c1-21-12-27(36-30-10-6-4-8-28(30)29-9-5-7-11-31(29)36)13-22(2)32(21)35-20-34-19-33(3)25-15-23-14-24(17-25)18-26(33)16-23/h4-13,23-26H,14-20H2,1-3H3/q+1. The van der Waals surface area contributed by atoms with Crippen LogP contribution in [-0.4, -0.2) is 13.4 Å². The van der Waals surface area contributed by atoms with Crippen molar-refractivity contribution < 1.29 is 9.47 Å². The number of hydrogen-bond donors (Lipinski definition) is 0. The van der Waals surface area contributed by atoms with Crippen LogP contribution in [0.15, 0.2) is 60.7 Å². The number of benzene rings is 3. The Hall–Kier alpha value is -2.36. The Kier molecular flexibility index (Phi) is 5.45. The molecule has 3 heteroatoms. The largest absolute Gasteiger partial charge is 0.467 e. The summed E-state index contributed by atoms with van der Waals surface area (Å²) >= 11 is 0. The molecule has 186 valence electrons. The molecule has 0 unspecified atom stereocenters. The number of ether oxygens (including phenoxy) is 2. The maximum absolute atomic E-state index is 6.29. The van der Waals surface area contributed by atoms with Crippen LogP contribution in [0.3, 0.4) is 0 Å². The van der Waals surface area contributed by atoms with Crippen LogP contribution in [0, 0.1) is 42.9 Å². The molecule has 4 saturated carbocycles. The van der Waals surface area contributed by atoms with Crippen LogP contribution >= 0.6 is 10.5 Å². The lowest BCUT2D eigenvalue weighted by molar-refractivity contribution is -0.147. The molecule has 4 aromatic rings. The lowest BCUT2D eigenvalue weighted by Gasteiger charge is -2.60. The van der Waals surface area contributed by atoms with Gasteiger partial charge in [-0.3, -0.25) is 0 Å². The Morgan fingerprint density at radius 1 is 0.778 bits per heavy atom. The highest BCUT2D eigenvalue weighted by Gasteiger charge is 2.54. The summed E-state index contributed by atoms with van der Waals surface area (Å²) in [7, 11) is -0.0747. The van der Waals surface area contributed by atoms with Crippen molar-refractivity contribution in [2.75, 3.05) is 13.4 Å². The molecule has 8 rings (SSSR count). The fourth-order valence-electron chi connectivity index (χ4n) is 8.22. The van der Waals surface area contributed by atoms with Crippen LogP contribution in [0.4, 0.5) is 0 Å². The molecule has 0 spiro atoms. The molecule has 2 nitrogen and oxygen atoms in total. The summed E-state index contributed by atoms with van der Waals surface area (Å²) in [5, 5.41) is 2.75. The molecule has 36 heavy (non-hydrogen) atoms. The molecular formula is C33H37O2S+. The first kappa shape index (κ1) is 22.8. The average Bonchev–Trinajstić information content (AvgIpc) is 3.20. The molecule has 0 aliphatic heterocycles. The lowest BCUT2D eigenvalue weighted by atomic mass is 9.46. The topological polar surface area (TPSA) is 18.5 Å². The molecular weight excluding hydrogens is 460 g/mol. The van der Waals surface area contributed by atoms with Crippen LogP contribution in [0.5, 0.6) is 5.75 Å². The normalized spacial score (nSPS) is 28.9. The van der Waals surface area contributed by atoms with E-state index in [9.17, 15) is 0 Å². The van der Waals surface area contributed by atoms with Crippen molar-refractivity contribution in [3.05, 3.63) is 71.8 Å². The third-order valence-electron chi connectivity index (χ3n) is 9.88. The monoisotopic (exact) mass is 497 g/mol. The summed E-state index contributed by atoms with van der Waals surface area (Å²) in [6.07, 6.45) is 7.23. The summed E-state index contributed by atoms with van der Waals surface area (Å²) in [5.41, 5.74) is 2.74. The van der Waals surface area contributed by atoms with Gasteiger partial charge in [-0.25, -0.2) is 0 Å². The lowest BCUT2D eigenvalue weighted by Crippen LogP contribution is -2.53. The second-order valence-corrected chi connectivity index (χ2v) is 14.1. The molecule has 0 N–H and O–H groups in total. The Bertz CT molecular complexity index is 1340. The van der Waals surface area contributed by atoms with Gasteiger partial charge in [0.2, 0.25) is 0 Å². The number of hydrogen-bond acceptors (Lipinski definition) is 2. The van der Waals surface area contributed by atoms with E-state index in [-0.39, 0.29) is 10.5 Å². The zero-order chi connectivity index (χ0) is 24.4. The van der Waals surface area contributed by atoms with Gasteiger partial charge in [-0.15, -0.1) is 0 Å². The molecule has 3 aromatic carbocycles. The summed E-state index contributed by atoms with van der Waals surface area (Å²) in [4.78, 5) is 1.37. The Balaban J connectivity index is 1.10. The van der Waals surface area contributed by atoms with Crippen molar-refractivity contribution in [1.29, 1.82) is 0 Å². The van der Waals surface area contributed by atoms with Crippen molar-refractivity contribution in [3.8, 4) is 10.6 Å². The minimum atomic E-state index is -0.0747. The Morgan fingerprint density at radius 3 is 1.86 bits per heavy atom. The summed E-state index contributed by atoms with van der Waals surface area (Å²) in [6, 6.07) is 22.4. The highest BCUT2D eigenvalue weighted by molar-refractivity contribution is 7.50. The van der Waals surface area contributed by atoms with Gasteiger partial charge in [0.25, 0.3) is 0 Å². The minimum absolute atomic E-state index is 0.0747. The minimum Gasteiger partial charge on any atom is -0.467 e. The zero-order valence-electron chi connectivity index (χ0n) is 21.8. The van der Waals surface area contributed by atoms with Gasteiger partial charge in [-0.05, 0) is 110 Å². The van der Waals surface area contributed by atoms with Crippen LogP contribution in [0.25, 0.3) is 25.1 Å². The van der Waals surface area contributed by atoms with E-state index in [2.05, 4.69) is 81.4 Å². The summed E-state index contributed by atoms with van der Waals surface area (Å²) < 4.78 is 15.4. The van der Waals surface area contributed by atoms with E-state index in [1.807, 2.05) is 0 Å². The first-order valence-corrected chi connectivity index (χ1v) is 15.0. The van der Waals surface area contributed by atoms with Gasteiger partial charge < -0.3 is 9.47 Å². The van der Waals surface area contributed by atoms with Crippen molar-refractivity contribution in [3.63, 3.8) is 0 Å². The molecule has 4 aliphatic carbocycles. The van der Waals surface area contributed by atoms with Crippen molar-refractivity contribution >= 4 is 30.6 Å². The second kappa shape index (κ2) is 8.60. The van der Waals surface area contributed by atoms with E-state index in [0.717, 1.165) is 36.0 Å². The zero-order valence-corrected chi connectivity index (χ0v) is 22.6. The fourth-order valence-corrected chi connectivity index (χ4v) is 10.8. The van der Waals surface area contributed by atoms with E-state index < -0.39 is 0 Å². The van der Waals surface area contributed by atoms with Crippen molar-refractivity contribution in [1.82, 2.24) is 0 Å². The second-order valence-electron chi connectivity index (χ2n) is 12.1. The third kappa shape index (κ3) is 3.54. The first-order valence-electron chi connectivity index (χ1n) is 13.8. The molecule has 0 atom stereocenters. The number of aryl methyl sites for hydroxylation is 2. The molecule has 4 fully saturated rings. The van der Waals surface area contributed by atoms with E-state index in [1.54, 1.807) is 0 Å². The number of thiophene rings is 1. The molecule has 0 radical (unpaired) electrons. The molecule has 1 aromatic heterocycles. The molecule has 0 saturated heterocycles. The predicted molar refractivity (Wildman–Crippen MR) is 151 cm³/mol. The van der Waals surface area contributed by atoms with Gasteiger partial charge in [0, 0.05) is 33.4 Å². The Labute approximate surface area is 217 Å². The molecule has 4 bridgehead atoms. The molecule has 1 heterocycles. The maximum Gasteiger partial charge on any atom is 0.189 e. The van der Waals surface area contributed by atoms with Gasteiger partial charge in [0.15, 0.2) is 21.1 Å². The van der Waals surface area contributed by atoms with Gasteiger partial charge in [0.1, 0.15) is 5.75 Å². The first-order chi connectivity index (χ1) is 17.5. The maximum atomic E-state index is 6.29. The van der Waals surface area contributed by atoms with Crippen LogP contribution in [-0.2, 0) is 4.74 Å². The molecule has 0 amide bonds. The smallest absolute Gasteiger partial charge is 0.189 e. The van der Waals surface area contributed by atoms with Crippen LogP contribution in [0.1, 0.15) is 50.2 Å². The quantitative estimate of drug-likeness (QED) is 0.150. The number of fused-ring (bicyclic) bond motifs is 3. The Morgan fingerprint density at radius 2 is 1.31 bits per heavy atom. The van der Waals surface area contributed by atoms with Gasteiger partial charge in [-0.1, -0.05) is 31.2 Å². The van der Waals surface area contributed by atoms with Gasteiger partial charge in [-0.2, -0.15) is 0 Å². The number of rotatable bonds is 6. The average molecular weight is 498 g/mol. The van der Waals surface area contributed by atoms with Gasteiger partial charge >= 0.3 is 0 Å². The van der Waals surface area contributed by atoms with E-state index in [1.165, 1.54) is 68.3 Å². The van der Waals surface area contributed by atoms with E-state index >= 15 is 0 Å². The van der Waals surface area contributed by atoms with E-state index in [0.29, 0.717) is 12.2 Å². The highest BCUT2D eigenvalue weighted by Crippen LogP contribution is 2.62. The summed E-state index contributed by atoms with van der Waals surface area (Å²) in [6.45, 7) is 8.06. The van der Waals surface area contributed by atoms with Gasteiger partial charge in [0.05, 0.1) is 6.61 Å². The molecule has 4 aliphatic rings. The third-order valence-corrected chi connectivity index (χ3v) is 12.2. The predicted octanol–water partition coefficient (Wildman–Crippen LogP) is 9.16. The fraction of sp³-hybridized carbons (Fsp3) is 0.455. The van der Waals surface area contributed by atoms with Crippen LogP contribution < -0.4 is 4.74 Å². The van der Waals surface area contributed by atoms with E-state index in [4.69, 9.17) is 9.47 Å². The SMILES string of the molecule is Cc1cc(-[s+]2c3ccccc3c3ccccc32)cc(C)c1OCOCC1(C)C2CC3CC(C2)CC1C3. The van der Waals surface area contributed by atoms with Crippen LogP contribution in [0.2, 0.25) is 0 Å².